The van der Waals surface area contributed by atoms with Gasteiger partial charge in [0.2, 0.25) is 5.82 Å². The average molecular weight is 221 g/mol. The maximum absolute atomic E-state index is 10.2. The molecule has 0 aromatic carbocycles. The van der Waals surface area contributed by atoms with Gasteiger partial charge < -0.3 is 10.2 Å². The van der Waals surface area contributed by atoms with E-state index < -0.39 is 0 Å². The van der Waals surface area contributed by atoms with Crippen molar-refractivity contribution in [1.29, 1.82) is 0 Å². The number of nitrogens with zero attached hydrogens (tertiary/aromatic N) is 4. The molecule has 0 amide bonds. The highest BCUT2D eigenvalue weighted by molar-refractivity contribution is 5.42. The van der Waals surface area contributed by atoms with E-state index in [0.29, 0.717) is 6.04 Å². The van der Waals surface area contributed by atoms with E-state index in [2.05, 4.69) is 32.5 Å². The van der Waals surface area contributed by atoms with Crippen molar-refractivity contribution < 1.29 is 0 Å². The summed E-state index contributed by atoms with van der Waals surface area (Å²) in [7, 11) is 0. The second kappa shape index (κ2) is 4.98. The molecule has 0 radical (unpaired) electrons. The molecule has 1 aromatic heterocycles. The van der Waals surface area contributed by atoms with Gasteiger partial charge in [-0.25, -0.2) is 0 Å². The lowest BCUT2D eigenvalue weighted by Gasteiger charge is -2.16. The second-order valence-corrected chi connectivity index (χ2v) is 3.83. The first-order valence-corrected chi connectivity index (χ1v) is 5.49. The summed E-state index contributed by atoms with van der Waals surface area (Å²) < 4.78 is 0. The first kappa shape index (κ1) is 10.9. The third-order valence-electron chi connectivity index (χ3n) is 2.73. The highest BCUT2D eigenvalue weighted by atomic mass is 16.3. The maximum Gasteiger partial charge on any atom is 0.218 e. The van der Waals surface area contributed by atoms with Gasteiger partial charge in [0.15, 0.2) is 5.82 Å². The van der Waals surface area contributed by atoms with Gasteiger partial charge in [0.1, 0.15) is 0 Å². The van der Waals surface area contributed by atoms with Crippen LogP contribution in [0.15, 0.2) is 17.3 Å². The molecule has 0 saturated carbocycles. The maximum atomic E-state index is 10.2. The quantitative estimate of drug-likeness (QED) is 0.770. The van der Waals surface area contributed by atoms with Gasteiger partial charge in [-0.15, -0.1) is 15.1 Å². The molecule has 1 aromatic rings. The number of hydrogen-bond acceptors (Lipinski definition) is 6. The Morgan fingerprint density at radius 2 is 2.44 bits per heavy atom. The van der Waals surface area contributed by atoms with Crippen molar-refractivity contribution in [2.45, 2.75) is 19.4 Å². The first-order valence-electron chi connectivity index (χ1n) is 5.49. The van der Waals surface area contributed by atoms with Gasteiger partial charge in [-0.1, -0.05) is 6.92 Å². The Morgan fingerprint density at radius 1 is 1.56 bits per heavy atom. The van der Waals surface area contributed by atoms with E-state index in [1.54, 1.807) is 12.1 Å². The fourth-order valence-electron chi connectivity index (χ4n) is 1.96. The molecular weight excluding hydrogens is 206 g/mol. The van der Waals surface area contributed by atoms with Crippen molar-refractivity contribution in [3.63, 3.8) is 0 Å². The molecule has 0 unspecified atom stereocenters. The molecule has 2 rings (SSSR count). The molecule has 1 N–H and O–H groups in total. The van der Waals surface area contributed by atoms with Crippen LogP contribution in [0.5, 0.6) is 0 Å². The molecule has 0 aliphatic carbocycles. The van der Waals surface area contributed by atoms with Gasteiger partial charge in [-0.3, -0.25) is 0 Å². The van der Waals surface area contributed by atoms with Crippen molar-refractivity contribution in [2.24, 2.45) is 5.18 Å². The van der Waals surface area contributed by atoms with Gasteiger partial charge >= 0.3 is 0 Å². The molecule has 1 aliphatic rings. The zero-order valence-corrected chi connectivity index (χ0v) is 9.26. The smallest absolute Gasteiger partial charge is 0.218 e. The molecule has 0 spiro atoms. The Morgan fingerprint density at radius 3 is 3.06 bits per heavy atom. The van der Waals surface area contributed by atoms with Crippen LogP contribution in [0.4, 0.5) is 11.6 Å². The van der Waals surface area contributed by atoms with Gasteiger partial charge in [0.25, 0.3) is 0 Å². The summed E-state index contributed by atoms with van der Waals surface area (Å²) in [5.41, 5.74) is 0. The van der Waals surface area contributed by atoms with E-state index in [0.717, 1.165) is 31.9 Å². The summed E-state index contributed by atoms with van der Waals surface area (Å²) in [6, 6.07) is 3.91. The molecule has 2 heterocycles. The minimum atomic E-state index is 0.131. The van der Waals surface area contributed by atoms with Crippen molar-refractivity contribution in [3.8, 4) is 0 Å². The minimum absolute atomic E-state index is 0.131. The summed E-state index contributed by atoms with van der Waals surface area (Å²) in [6.45, 7) is 5.00. The fourth-order valence-corrected chi connectivity index (χ4v) is 1.96. The zero-order chi connectivity index (χ0) is 11.4. The topological polar surface area (TPSA) is 70.5 Å². The summed E-state index contributed by atoms with van der Waals surface area (Å²) >= 11 is 0. The Hall–Kier alpha value is -1.56. The largest absolute Gasteiger partial charge is 0.354 e. The van der Waals surface area contributed by atoms with Crippen LogP contribution in [0.3, 0.4) is 0 Å². The van der Waals surface area contributed by atoms with Crippen LogP contribution in [0, 0.1) is 4.91 Å². The number of nitrogens with one attached hydrogen (secondary N) is 1. The molecule has 0 bridgehead atoms. The third-order valence-corrected chi connectivity index (χ3v) is 2.73. The SMILES string of the molecule is CCN[C@H]1CCN(c2ccc(N=O)nn2)C1. The van der Waals surface area contributed by atoms with Crippen molar-refractivity contribution in [3.05, 3.63) is 17.0 Å². The summed E-state index contributed by atoms with van der Waals surface area (Å²) in [5.74, 6) is 0.944. The van der Waals surface area contributed by atoms with Crippen LogP contribution in [-0.4, -0.2) is 35.9 Å². The molecular formula is C10H15N5O. The van der Waals surface area contributed by atoms with Crippen LogP contribution in [0.25, 0.3) is 0 Å². The average Bonchev–Trinajstić information content (AvgIpc) is 2.78. The molecule has 1 saturated heterocycles. The molecule has 86 valence electrons. The number of aromatic nitrogens is 2. The lowest BCUT2D eigenvalue weighted by atomic mass is 10.3. The van der Waals surface area contributed by atoms with Crippen LogP contribution in [-0.2, 0) is 0 Å². The lowest BCUT2D eigenvalue weighted by Crippen LogP contribution is -2.32. The van der Waals surface area contributed by atoms with Crippen molar-refractivity contribution in [2.75, 3.05) is 24.5 Å². The van der Waals surface area contributed by atoms with Gasteiger partial charge in [0, 0.05) is 19.1 Å². The number of anilines is 1. The number of nitroso groups, excluding NO2 is 1. The van der Waals surface area contributed by atoms with Crippen molar-refractivity contribution >= 4 is 11.6 Å². The van der Waals surface area contributed by atoms with Crippen LogP contribution < -0.4 is 10.2 Å². The molecule has 16 heavy (non-hydrogen) atoms. The Labute approximate surface area is 94.0 Å². The Balaban J connectivity index is 2.00. The highest BCUT2D eigenvalue weighted by Crippen LogP contribution is 2.18. The van der Waals surface area contributed by atoms with Gasteiger partial charge in [-0.2, -0.15) is 0 Å². The Kier molecular flexibility index (Phi) is 3.40. The Bertz CT molecular complexity index is 353. The van der Waals surface area contributed by atoms with Crippen LogP contribution in [0.2, 0.25) is 0 Å². The van der Waals surface area contributed by atoms with Crippen LogP contribution >= 0.6 is 0 Å². The monoisotopic (exact) mass is 221 g/mol. The van der Waals surface area contributed by atoms with E-state index in [1.807, 2.05) is 0 Å². The fraction of sp³-hybridized carbons (Fsp3) is 0.600. The number of likely N-dealkylation sites (N-methyl/N-ethyl adjacent to an activating group) is 1. The van der Waals surface area contributed by atoms with Gasteiger partial charge in [0.05, 0.1) is 0 Å². The number of hydrogen-bond donors (Lipinski definition) is 1. The van der Waals surface area contributed by atoms with E-state index in [4.69, 9.17) is 0 Å². The van der Waals surface area contributed by atoms with Crippen LogP contribution in [0.1, 0.15) is 13.3 Å². The first-order chi connectivity index (χ1) is 7.83. The molecule has 1 atom stereocenters. The van der Waals surface area contributed by atoms with Gasteiger partial charge in [-0.05, 0) is 30.3 Å². The third kappa shape index (κ3) is 2.33. The second-order valence-electron chi connectivity index (χ2n) is 3.83. The number of rotatable bonds is 4. The highest BCUT2D eigenvalue weighted by Gasteiger charge is 2.22. The molecule has 1 fully saturated rings. The van der Waals surface area contributed by atoms with E-state index >= 15 is 0 Å². The zero-order valence-electron chi connectivity index (χ0n) is 9.26. The molecule has 1 aliphatic heterocycles. The predicted octanol–water partition coefficient (Wildman–Crippen LogP) is 1.06. The van der Waals surface area contributed by atoms with E-state index in [-0.39, 0.29) is 5.82 Å². The summed E-state index contributed by atoms with van der Waals surface area (Å²) in [4.78, 5) is 12.4. The standard InChI is InChI=1S/C10H15N5O/c1-2-11-8-5-6-15(7-8)10-4-3-9(14-16)12-13-10/h3-4,8,11H,2,5-7H2,1H3/t8-/m0/s1. The molecule has 6 heteroatoms. The predicted molar refractivity (Wildman–Crippen MR) is 61.8 cm³/mol. The van der Waals surface area contributed by atoms with E-state index in [9.17, 15) is 4.91 Å². The summed E-state index contributed by atoms with van der Waals surface area (Å²) in [5, 5.41) is 13.8. The normalized spacial score (nSPS) is 20.1. The summed E-state index contributed by atoms with van der Waals surface area (Å²) in [6.07, 6.45) is 1.11. The molecule has 6 nitrogen and oxygen atoms in total. The van der Waals surface area contributed by atoms with E-state index in [1.165, 1.54) is 0 Å². The minimum Gasteiger partial charge on any atom is -0.354 e. The van der Waals surface area contributed by atoms with Crippen molar-refractivity contribution in [1.82, 2.24) is 15.5 Å². The lowest BCUT2D eigenvalue weighted by molar-refractivity contribution is 0.571.